The molecule has 0 unspecified atom stereocenters. The van der Waals surface area contributed by atoms with Gasteiger partial charge in [-0.2, -0.15) is 0 Å². The van der Waals surface area contributed by atoms with E-state index in [1.807, 2.05) is 0 Å². The molecule has 0 aromatic heterocycles. The molecule has 0 aliphatic carbocycles. The Kier molecular flexibility index (Phi) is 3.08. The molecule has 1 rings (SSSR count). The van der Waals surface area contributed by atoms with E-state index in [0.29, 0.717) is 11.3 Å². The quantitative estimate of drug-likeness (QED) is 0.518. The highest BCUT2D eigenvalue weighted by Crippen LogP contribution is 2.12. The van der Waals surface area contributed by atoms with E-state index in [2.05, 4.69) is 10.9 Å². The molecular weight excluding hydrogens is 174 g/mol. The lowest BCUT2D eigenvalue weighted by atomic mass is 10.2. The molecule has 1 radical (unpaired) electrons. The van der Waals surface area contributed by atoms with Crippen LogP contribution >= 0.6 is 0 Å². The Morgan fingerprint density at radius 3 is 3.08 bits per heavy atom. The SMILES string of the molecule is COc1[c]ccc(CO[N+](=O)[O-])c1. The summed E-state index contributed by atoms with van der Waals surface area (Å²) in [5, 5.41) is 9.04. The first kappa shape index (κ1) is 9.31. The van der Waals surface area contributed by atoms with Crippen LogP contribution in [0, 0.1) is 16.2 Å². The molecule has 0 saturated carbocycles. The Bertz CT molecular complexity index is 300. The largest absolute Gasteiger partial charge is 0.496 e. The van der Waals surface area contributed by atoms with Crippen LogP contribution in [0.4, 0.5) is 0 Å². The van der Waals surface area contributed by atoms with Gasteiger partial charge in [-0.15, -0.1) is 10.1 Å². The highest BCUT2D eigenvalue weighted by Gasteiger charge is 1.98. The molecule has 5 heteroatoms. The van der Waals surface area contributed by atoms with Gasteiger partial charge in [-0.05, 0) is 11.6 Å². The average Bonchev–Trinajstić information content (AvgIpc) is 2.15. The minimum atomic E-state index is -0.830. The fourth-order valence-corrected chi connectivity index (χ4v) is 0.824. The van der Waals surface area contributed by atoms with Crippen molar-refractivity contribution in [1.29, 1.82) is 0 Å². The summed E-state index contributed by atoms with van der Waals surface area (Å²) in [5.74, 6) is 0.532. The van der Waals surface area contributed by atoms with Crippen molar-refractivity contribution in [2.45, 2.75) is 6.61 Å². The first-order valence-corrected chi connectivity index (χ1v) is 3.54. The van der Waals surface area contributed by atoms with Crippen LogP contribution in [0.25, 0.3) is 0 Å². The minimum Gasteiger partial charge on any atom is -0.496 e. The molecule has 69 valence electrons. The second-order valence-corrected chi connectivity index (χ2v) is 2.26. The van der Waals surface area contributed by atoms with Crippen LogP contribution < -0.4 is 4.74 Å². The summed E-state index contributed by atoms with van der Waals surface area (Å²) in [7, 11) is 1.50. The topological polar surface area (TPSA) is 61.6 Å². The maximum atomic E-state index is 9.87. The van der Waals surface area contributed by atoms with Crippen molar-refractivity contribution in [2.75, 3.05) is 7.11 Å². The van der Waals surface area contributed by atoms with Gasteiger partial charge < -0.3 is 9.57 Å². The van der Waals surface area contributed by atoms with Gasteiger partial charge >= 0.3 is 0 Å². The molecule has 0 N–H and O–H groups in total. The molecule has 0 aliphatic rings. The molecule has 0 heterocycles. The Labute approximate surface area is 75.0 Å². The highest BCUT2D eigenvalue weighted by molar-refractivity contribution is 5.26. The van der Waals surface area contributed by atoms with E-state index in [-0.39, 0.29) is 6.61 Å². The lowest BCUT2D eigenvalue weighted by Gasteiger charge is -2.02. The molecule has 0 bridgehead atoms. The van der Waals surface area contributed by atoms with Gasteiger partial charge in [0.05, 0.1) is 7.11 Å². The molecule has 0 atom stereocenters. The van der Waals surface area contributed by atoms with E-state index < -0.39 is 5.09 Å². The summed E-state index contributed by atoms with van der Waals surface area (Å²) in [5.41, 5.74) is 0.673. The van der Waals surface area contributed by atoms with Crippen LogP contribution in [0.1, 0.15) is 5.56 Å². The summed E-state index contributed by atoms with van der Waals surface area (Å²) < 4.78 is 4.88. The van der Waals surface area contributed by atoms with Crippen LogP contribution in [0.2, 0.25) is 0 Å². The zero-order valence-corrected chi connectivity index (χ0v) is 7.02. The van der Waals surface area contributed by atoms with Crippen LogP contribution in [0.3, 0.4) is 0 Å². The van der Waals surface area contributed by atoms with E-state index >= 15 is 0 Å². The molecule has 5 nitrogen and oxygen atoms in total. The molecule has 0 saturated heterocycles. The predicted molar refractivity (Wildman–Crippen MR) is 43.6 cm³/mol. The lowest BCUT2D eigenvalue weighted by molar-refractivity contribution is -0.763. The molecular formula is C8H8NO4. The van der Waals surface area contributed by atoms with Crippen molar-refractivity contribution >= 4 is 0 Å². The van der Waals surface area contributed by atoms with E-state index in [0.717, 1.165) is 0 Å². The monoisotopic (exact) mass is 182 g/mol. The van der Waals surface area contributed by atoms with Gasteiger partial charge in [0.25, 0.3) is 5.09 Å². The first-order chi connectivity index (χ1) is 6.22. The standard InChI is InChI=1S/C8H8NO4/c1-12-8-4-2-3-7(5-8)6-13-9(10)11/h2-3,5H,6H2,1H3. The zero-order valence-electron chi connectivity index (χ0n) is 7.02. The van der Waals surface area contributed by atoms with Gasteiger partial charge in [0.1, 0.15) is 12.4 Å². The normalized spacial score (nSPS) is 9.31. The number of rotatable bonds is 4. The third kappa shape index (κ3) is 2.98. The third-order valence-corrected chi connectivity index (χ3v) is 1.40. The number of hydrogen-bond donors (Lipinski definition) is 0. The van der Waals surface area contributed by atoms with Crippen molar-refractivity contribution in [1.82, 2.24) is 0 Å². The van der Waals surface area contributed by atoms with E-state index in [4.69, 9.17) is 4.74 Å². The van der Waals surface area contributed by atoms with E-state index in [1.54, 1.807) is 18.2 Å². The van der Waals surface area contributed by atoms with Crippen molar-refractivity contribution in [3.05, 3.63) is 39.9 Å². The molecule has 0 aliphatic heterocycles. The smallest absolute Gasteiger partial charge is 0.294 e. The number of methoxy groups -OCH3 is 1. The summed E-state index contributed by atoms with van der Waals surface area (Å²) in [6, 6.07) is 7.72. The summed E-state index contributed by atoms with van der Waals surface area (Å²) >= 11 is 0. The van der Waals surface area contributed by atoms with Crippen molar-refractivity contribution in [2.24, 2.45) is 0 Å². The second kappa shape index (κ2) is 4.30. The Morgan fingerprint density at radius 1 is 1.69 bits per heavy atom. The minimum absolute atomic E-state index is 0.0714. The number of hydrogen-bond acceptors (Lipinski definition) is 4. The van der Waals surface area contributed by atoms with Crippen LogP contribution in [-0.4, -0.2) is 12.2 Å². The second-order valence-electron chi connectivity index (χ2n) is 2.26. The van der Waals surface area contributed by atoms with Gasteiger partial charge in [-0.3, -0.25) is 0 Å². The molecule has 1 aromatic rings. The van der Waals surface area contributed by atoms with Crippen LogP contribution in [0.5, 0.6) is 5.75 Å². The summed E-state index contributed by atoms with van der Waals surface area (Å²) in [4.78, 5) is 14.1. The molecule has 1 aromatic carbocycles. The van der Waals surface area contributed by atoms with E-state index in [9.17, 15) is 10.1 Å². The van der Waals surface area contributed by atoms with Crippen molar-refractivity contribution in [3.63, 3.8) is 0 Å². The molecule has 0 amide bonds. The Morgan fingerprint density at radius 2 is 2.46 bits per heavy atom. The van der Waals surface area contributed by atoms with Gasteiger partial charge in [0.2, 0.25) is 0 Å². The van der Waals surface area contributed by atoms with Crippen molar-refractivity contribution < 1.29 is 14.7 Å². The molecule has 13 heavy (non-hydrogen) atoms. The van der Waals surface area contributed by atoms with Gasteiger partial charge in [-0.1, -0.05) is 12.1 Å². The number of benzene rings is 1. The van der Waals surface area contributed by atoms with Crippen LogP contribution in [-0.2, 0) is 11.4 Å². The number of ether oxygens (including phenoxy) is 1. The molecule has 0 fully saturated rings. The predicted octanol–water partition coefficient (Wildman–Crippen LogP) is 1.20. The lowest BCUT2D eigenvalue weighted by Crippen LogP contribution is -2.00. The summed E-state index contributed by atoms with van der Waals surface area (Å²) in [6.07, 6.45) is 0. The van der Waals surface area contributed by atoms with Crippen molar-refractivity contribution in [3.8, 4) is 5.75 Å². The third-order valence-electron chi connectivity index (χ3n) is 1.40. The van der Waals surface area contributed by atoms with Gasteiger partial charge in [0.15, 0.2) is 0 Å². The highest BCUT2D eigenvalue weighted by atomic mass is 16.9. The fourth-order valence-electron chi connectivity index (χ4n) is 0.824. The average molecular weight is 182 g/mol. The maximum absolute atomic E-state index is 9.87. The fraction of sp³-hybridized carbons (Fsp3) is 0.250. The van der Waals surface area contributed by atoms with Crippen LogP contribution in [0.15, 0.2) is 18.2 Å². The first-order valence-electron chi connectivity index (χ1n) is 3.54. The summed E-state index contributed by atoms with van der Waals surface area (Å²) in [6.45, 7) is -0.0714. The maximum Gasteiger partial charge on any atom is 0.294 e. The Hall–Kier alpha value is -1.78. The number of nitrogens with zero attached hydrogens (tertiary/aromatic N) is 1. The zero-order chi connectivity index (χ0) is 9.68. The van der Waals surface area contributed by atoms with Gasteiger partial charge in [-0.25, -0.2) is 0 Å². The Balaban J connectivity index is 2.61. The molecule has 0 spiro atoms. The van der Waals surface area contributed by atoms with Gasteiger partial charge in [0, 0.05) is 6.07 Å². The van der Waals surface area contributed by atoms with E-state index in [1.165, 1.54) is 7.11 Å².